The van der Waals surface area contributed by atoms with Crippen molar-refractivity contribution in [3.63, 3.8) is 0 Å². The molecule has 5 heteroatoms. The van der Waals surface area contributed by atoms with Crippen LogP contribution in [0.15, 0.2) is 24.3 Å². The topological polar surface area (TPSA) is 53.6 Å². The fourth-order valence-corrected chi connectivity index (χ4v) is 2.87. The first-order chi connectivity index (χ1) is 10.7. The number of hydrogen-bond donors (Lipinski definition) is 2. The summed E-state index contributed by atoms with van der Waals surface area (Å²) in [4.78, 5) is 14.3. The molecule has 0 radical (unpaired) electrons. The van der Waals surface area contributed by atoms with E-state index in [2.05, 4.69) is 22.5 Å². The molecule has 0 spiro atoms. The molecule has 22 heavy (non-hydrogen) atoms. The van der Waals surface area contributed by atoms with Crippen molar-refractivity contribution in [2.24, 2.45) is 5.92 Å². The van der Waals surface area contributed by atoms with E-state index in [-0.39, 0.29) is 6.03 Å². The number of amides is 2. The SMILES string of the molecule is COc1cccc(NC(=O)NCCCN2CCC[C@H](C)C2)c1. The van der Waals surface area contributed by atoms with Gasteiger partial charge in [-0.3, -0.25) is 0 Å². The van der Waals surface area contributed by atoms with Gasteiger partial charge < -0.3 is 20.3 Å². The van der Waals surface area contributed by atoms with Gasteiger partial charge in [-0.2, -0.15) is 0 Å². The lowest BCUT2D eigenvalue weighted by molar-refractivity contribution is 0.182. The number of urea groups is 1. The number of anilines is 1. The maximum absolute atomic E-state index is 11.8. The summed E-state index contributed by atoms with van der Waals surface area (Å²) in [6.45, 7) is 6.45. The average molecular weight is 305 g/mol. The lowest BCUT2D eigenvalue weighted by Crippen LogP contribution is -2.37. The number of nitrogens with one attached hydrogen (secondary N) is 2. The third-order valence-corrected chi connectivity index (χ3v) is 4.01. The fourth-order valence-electron chi connectivity index (χ4n) is 2.87. The number of methoxy groups -OCH3 is 1. The average Bonchev–Trinajstić information content (AvgIpc) is 2.52. The highest BCUT2D eigenvalue weighted by Gasteiger charge is 2.15. The van der Waals surface area contributed by atoms with E-state index in [0.717, 1.165) is 30.3 Å². The van der Waals surface area contributed by atoms with Gasteiger partial charge in [0, 0.05) is 24.8 Å². The molecule has 1 aromatic rings. The minimum atomic E-state index is -0.166. The highest BCUT2D eigenvalue weighted by atomic mass is 16.5. The molecule has 1 aliphatic heterocycles. The molecule has 1 aliphatic rings. The maximum Gasteiger partial charge on any atom is 0.319 e. The van der Waals surface area contributed by atoms with Gasteiger partial charge in [-0.1, -0.05) is 13.0 Å². The number of carbonyl (C=O) groups is 1. The number of likely N-dealkylation sites (tertiary alicyclic amines) is 1. The lowest BCUT2D eigenvalue weighted by Gasteiger charge is -2.30. The fraction of sp³-hybridized carbons (Fsp3) is 0.588. The Morgan fingerprint density at radius 3 is 3.09 bits per heavy atom. The number of nitrogens with zero attached hydrogens (tertiary/aromatic N) is 1. The summed E-state index contributed by atoms with van der Waals surface area (Å²) in [5.41, 5.74) is 0.738. The molecule has 1 saturated heterocycles. The molecular formula is C17H27N3O2. The minimum Gasteiger partial charge on any atom is -0.497 e. The van der Waals surface area contributed by atoms with Crippen LogP contribution >= 0.6 is 0 Å². The first kappa shape index (κ1) is 16.6. The van der Waals surface area contributed by atoms with E-state index in [1.807, 2.05) is 18.2 Å². The van der Waals surface area contributed by atoms with Crippen LogP contribution < -0.4 is 15.4 Å². The highest BCUT2D eigenvalue weighted by molar-refractivity contribution is 5.89. The van der Waals surface area contributed by atoms with Gasteiger partial charge in [0.2, 0.25) is 0 Å². The van der Waals surface area contributed by atoms with Gasteiger partial charge >= 0.3 is 6.03 Å². The number of piperidine rings is 1. The molecule has 1 fully saturated rings. The molecule has 122 valence electrons. The molecule has 1 aromatic carbocycles. The third kappa shape index (κ3) is 5.56. The smallest absolute Gasteiger partial charge is 0.319 e. The van der Waals surface area contributed by atoms with Crippen molar-refractivity contribution < 1.29 is 9.53 Å². The molecule has 2 amide bonds. The predicted octanol–water partition coefficient (Wildman–Crippen LogP) is 2.94. The van der Waals surface area contributed by atoms with Crippen LogP contribution in [0.1, 0.15) is 26.2 Å². The van der Waals surface area contributed by atoms with Crippen molar-refractivity contribution in [3.05, 3.63) is 24.3 Å². The molecule has 0 aromatic heterocycles. The second-order valence-corrected chi connectivity index (χ2v) is 6.01. The molecule has 1 atom stereocenters. The number of hydrogen-bond acceptors (Lipinski definition) is 3. The minimum absolute atomic E-state index is 0.166. The predicted molar refractivity (Wildman–Crippen MR) is 89.5 cm³/mol. The van der Waals surface area contributed by atoms with Crippen LogP contribution in [0.2, 0.25) is 0 Å². The zero-order valence-electron chi connectivity index (χ0n) is 13.6. The lowest BCUT2D eigenvalue weighted by atomic mass is 10.0. The Balaban J connectivity index is 1.63. The molecule has 1 heterocycles. The van der Waals surface area contributed by atoms with E-state index in [1.54, 1.807) is 13.2 Å². The van der Waals surface area contributed by atoms with E-state index in [0.29, 0.717) is 6.54 Å². The molecule has 2 N–H and O–H groups in total. The second-order valence-electron chi connectivity index (χ2n) is 6.01. The van der Waals surface area contributed by atoms with Crippen LogP contribution in [0.25, 0.3) is 0 Å². The Bertz CT molecular complexity index is 479. The van der Waals surface area contributed by atoms with Gasteiger partial charge in [-0.15, -0.1) is 0 Å². The van der Waals surface area contributed by atoms with Crippen LogP contribution in [0.4, 0.5) is 10.5 Å². The summed E-state index contributed by atoms with van der Waals surface area (Å²) in [5, 5.41) is 5.72. The van der Waals surface area contributed by atoms with Crippen LogP contribution in [0.3, 0.4) is 0 Å². The first-order valence-corrected chi connectivity index (χ1v) is 8.08. The van der Waals surface area contributed by atoms with Crippen molar-refractivity contribution in [2.45, 2.75) is 26.2 Å². The Kier molecular flexibility index (Phi) is 6.52. The Labute approximate surface area is 133 Å². The largest absolute Gasteiger partial charge is 0.497 e. The van der Waals surface area contributed by atoms with Crippen molar-refractivity contribution in [1.29, 1.82) is 0 Å². The summed E-state index contributed by atoms with van der Waals surface area (Å²) in [6, 6.07) is 7.18. The highest BCUT2D eigenvalue weighted by Crippen LogP contribution is 2.16. The molecule has 0 unspecified atom stereocenters. The van der Waals surface area contributed by atoms with Gasteiger partial charge in [0.25, 0.3) is 0 Å². The Hall–Kier alpha value is -1.75. The summed E-state index contributed by atoms with van der Waals surface area (Å²) in [6.07, 6.45) is 3.63. The van der Waals surface area contributed by atoms with E-state index < -0.39 is 0 Å². The normalized spacial score (nSPS) is 18.7. The zero-order chi connectivity index (χ0) is 15.8. The molecule has 0 aliphatic carbocycles. The monoisotopic (exact) mass is 305 g/mol. The third-order valence-electron chi connectivity index (χ3n) is 4.01. The van der Waals surface area contributed by atoms with Crippen molar-refractivity contribution in [3.8, 4) is 5.75 Å². The van der Waals surface area contributed by atoms with Gasteiger partial charge in [-0.25, -0.2) is 4.79 Å². The van der Waals surface area contributed by atoms with Crippen molar-refractivity contribution in [2.75, 3.05) is 38.6 Å². The molecular weight excluding hydrogens is 278 g/mol. The maximum atomic E-state index is 11.8. The molecule has 0 saturated carbocycles. The standard InChI is InChI=1S/C17H27N3O2/c1-14-6-4-10-20(13-14)11-5-9-18-17(21)19-15-7-3-8-16(12-15)22-2/h3,7-8,12,14H,4-6,9-11,13H2,1-2H3,(H2,18,19,21)/t14-/m0/s1. The van der Waals surface area contributed by atoms with E-state index in [9.17, 15) is 4.79 Å². The summed E-state index contributed by atoms with van der Waals surface area (Å²) >= 11 is 0. The first-order valence-electron chi connectivity index (χ1n) is 8.08. The van der Waals surface area contributed by atoms with Gasteiger partial charge in [0.15, 0.2) is 0 Å². The van der Waals surface area contributed by atoms with Crippen LogP contribution in [-0.2, 0) is 0 Å². The van der Waals surface area contributed by atoms with Crippen LogP contribution in [-0.4, -0.2) is 44.2 Å². The van der Waals surface area contributed by atoms with Crippen LogP contribution in [0, 0.1) is 5.92 Å². The van der Waals surface area contributed by atoms with Gasteiger partial charge in [0.05, 0.1) is 7.11 Å². The van der Waals surface area contributed by atoms with E-state index in [1.165, 1.54) is 25.9 Å². The van der Waals surface area contributed by atoms with Crippen LogP contribution in [0.5, 0.6) is 5.75 Å². The second kappa shape index (κ2) is 8.63. The van der Waals surface area contributed by atoms with E-state index in [4.69, 9.17) is 4.74 Å². The van der Waals surface area contributed by atoms with Crippen molar-refractivity contribution in [1.82, 2.24) is 10.2 Å². The Morgan fingerprint density at radius 2 is 2.32 bits per heavy atom. The number of ether oxygens (including phenoxy) is 1. The summed E-state index contributed by atoms with van der Waals surface area (Å²) in [7, 11) is 1.61. The zero-order valence-corrected chi connectivity index (χ0v) is 13.6. The van der Waals surface area contributed by atoms with Gasteiger partial charge in [0.1, 0.15) is 5.75 Å². The Morgan fingerprint density at radius 1 is 1.45 bits per heavy atom. The number of benzene rings is 1. The molecule has 0 bridgehead atoms. The molecule has 2 rings (SSSR count). The van der Waals surface area contributed by atoms with Gasteiger partial charge in [-0.05, 0) is 50.4 Å². The van der Waals surface area contributed by atoms with E-state index >= 15 is 0 Å². The number of rotatable bonds is 6. The number of carbonyl (C=O) groups excluding carboxylic acids is 1. The quantitative estimate of drug-likeness (QED) is 0.795. The van der Waals surface area contributed by atoms with Crippen molar-refractivity contribution >= 4 is 11.7 Å². The molecule has 5 nitrogen and oxygen atoms in total. The summed E-state index contributed by atoms with van der Waals surface area (Å²) < 4.78 is 5.13. The summed E-state index contributed by atoms with van der Waals surface area (Å²) in [5.74, 6) is 1.54.